The van der Waals surface area contributed by atoms with Crippen LogP contribution >= 0.6 is 0 Å². The zero-order chi connectivity index (χ0) is 27.4. The SMILES string of the molecule is NCCCC(=O)N[C@H]1C[C@@H](N)[C@H](O[C@H]2O[C@H](CN)[C@@H](O)[C@H](O)[C@H]2N)[C@@H](O[C@@H]2O[C@H](CO)[C@H](O)[C@H]2O)[C@@H]1O. The summed E-state index contributed by atoms with van der Waals surface area (Å²) in [5.74, 6) is -0.367. The summed E-state index contributed by atoms with van der Waals surface area (Å²) in [7, 11) is 0. The van der Waals surface area contributed by atoms with Crippen LogP contribution in [-0.2, 0) is 23.7 Å². The Morgan fingerprint density at radius 2 is 1.49 bits per heavy atom. The predicted octanol–water partition coefficient (Wildman–Crippen LogP) is -6.76. The van der Waals surface area contributed by atoms with Crippen LogP contribution in [0.3, 0.4) is 0 Å². The molecule has 37 heavy (non-hydrogen) atoms. The van der Waals surface area contributed by atoms with E-state index in [1.54, 1.807) is 0 Å². The summed E-state index contributed by atoms with van der Waals surface area (Å²) in [5, 5.41) is 64.2. The van der Waals surface area contributed by atoms with Crippen molar-refractivity contribution in [2.45, 2.75) is 105 Å². The molecule has 0 aromatic carbocycles. The maximum atomic E-state index is 12.3. The second-order valence-electron chi connectivity index (χ2n) is 9.70. The molecule has 2 saturated heterocycles. The zero-order valence-corrected chi connectivity index (χ0v) is 20.4. The molecule has 0 aromatic rings. The number of carbonyl (C=O) groups is 1. The second-order valence-corrected chi connectivity index (χ2v) is 9.70. The third-order valence-corrected chi connectivity index (χ3v) is 7.04. The fraction of sp³-hybridized carbons (Fsp3) is 0.952. The van der Waals surface area contributed by atoms with E-state index in [1.807, 2.05) is 0 Å². The number of hydrogen-bond donors (Lipinski definition) is 11. The number of ether oxygens (including phenoxy) is 4. The second kappa shape index (κ2) is 13.3. The molecule has 0 unspecified atom stereocenters. The standard InChI is InChI=1S/C21H41N5O11/c22-3-1-2-11(28)26-8-4-7(24)18(36-20-12(25)16(32)14(30)9(5-23)34-20)19(13(8)29)37-21-17(33)15(31)10(6-27)35-21/h7-10,12-21,27,29-33H,1-6,22-25H2,(H,26,28)/t7-,8+,9-,10-,12-,13-,14-,15+,16-,17-,18+,19+,20-,21+/m1/s1. The van der Waals surface area contributed by atoms with E-state index >= 15 is 0 Å². The first-order chi connectivity index (χ1) is 17.5. The van der Waals surface area contributed by atoms with E-state index in [9.17, 15) is 35.4 Å². The molecular weight excluding hydrogens is 498 g/mol. The molecule has 3 fully saturated rings. The number of nitrogens with two attached hydrogens (primary N) is 4. The van der Waals surface area contributed by atoms with E-state index < -0.39 is 92.2 Å². The Labute approximate surface area is 213 Å². The molecule has 1 amide bonds. The maximum Gasteiger partial charge on any atom is 0.220 e. The molecule has 0 spiro atoms. The van der Waals surface area contributed by atoms with Crippen LogP contribution in [0.25, 0.3) is 0 Å². The predicted molar refractivity (Wildman–Crippen MR) is 124 cm³/mol. The van der Waals surface area contributed by atoms with Crippen molar-refractivity contribution >= 4 is 5.91 Å². The Balaban J connectivity index is 1.82. The number of carbonyl (C=O) groups excluding carboxylic acids is 1. The summed E-state index contributed by atoms with van der Waals surface area (Å²) in [6, 6.07) is -2.99. The number of aliphatic hydroxyl groups is 6. The van der Waals surface area contributed by atoms with Gasteiger partial charge in [-0.05, 0) is 19.4 Å². The Morgan fingerprint density at radius 3 is 2.08 bits per heavy atom. The molecule has 15 N–H and O–H groups in total. The van der Waals surface area contributed by atoms with Gasteiger partial charge in [0.15, 0.2) is 12.6 Å². The highest BCUT2D eigenvalue weighted by molar-refractivity contribution is 5.76. The highest BCUT2D eigenvalue weighted by atomic mass is 16.7. The van der Waals surface area contributed by atoms with Crippen LogP contribution in [0.4, 0.5) is 0 Å². The van der Waals surface area contributed by atoms with Crippen molar-refractivity contribution in [3.05, 3.63) is 0 Å². The summed E-state index contributed by atoms with van der Waals surface area (Å²) in [6.07, 6.45) is -14.1. The van der Waals surface area contributed by atoms with Gasteiger partial charge in [-0.25, -0.2) is 0 Å². The quantitative estimate of drug-likeness (QED) is 0.123. The van der Waals surface area contributed by atoms with Crippen molar-refractivity contribution in [2.24, 2.45) is 22.9 Å². The molecule has 2 aliphatic heterocycles. The van der Waals surface area contributed by atoms with E-state index in [1.165, 1.54) is 0 Å². The molecule has 1 aliphatic carbocycles. The Morgan fingerprint density at radius 1 is 0.865 bits per heavy atom. The van der Waals surface area contributed by atoms with Crippen LogP contribution < -0.4 is 28.3 Å². The average Bonchev–Trinajstić information content (AvgIpc) is 3.15. The molecule has 3 rings (SSSR count). The summed E-state index contributed by atoms with van der Waals surface area (Å²) in [4.78, 5) is 12.3. The maximum absolute atomic E-state index is 12.3. The molecule has 16 heteroatoms. The first-order valence-corrected chi connectivity index (χ1v) is 12.4. The van der Waals surface area contributed by atoms with Gasteiger partial charge in [-0.15, -0.1) is 0 Å². The smallest absolute Gasteiger partial charge is 0.220 e. The number of nitrogens with one attached hydrogen (secondary N) is 1. The third-order valence-electron chi connectivity index (χ3n) is 7.04. The van der Waals surface area contributed by atoms with Crippen LogP contribution in [0.1, 0.15) is 19.3 Å². The van der Waals surface area contributed by atoms with E-state index in [-0.39, 0.29) is 25.3 Å². The highest BCUT2D eigenvalue weighted by Gasteiger charge is 2.52. The molecule has 2 heterocycles. The Kier molecular flexibility index (Phi) is 11.0. The van der Waals surface area contributed by atoms with Crippen LogP contribution in [0.15, 0.2) is 0 Å². The van der Waals surface area contributed by atoms with E-state index in [0.29, 0.717) is 13.0 Å². The average molecular weight is 540 g/mol. The van der Waals surface area contributed by atoms with Gasteiger partial charge in [0.2, 0.25) is 5.91 Å². The van der Waals surface area contributed by atoms with Gasteiger partial charge in [0.1, 0.15) is 54.9 Å². The van der Waals surface area contributed by atoms with Gasteiger partial charge in [0, 0.05) is 19.0 Å². The van der Waals surface area contributed by atoms with Gasteiger partial charge >= 0.3 is 0 Å². The molecule has 0 radical (unpaired) electrons. The van der Waals surface area contributed by atoms with Crippen molar-refractivity contribution < 1.29 is 54.4 Å². The number of aliphatic hydroxyl groups excluding tert-OH is 6. The van der Waals surface area contributed by atoms with Crippen molar-refractivity contribution in [1.29, 1.82) is 0 Å². The van der Waals surface area contributed by atoms with Gasteiger partial charge in [0.05, 0.1) is 18.7 Å². The fourth-order valence-electron chi connectivity index (χ4n) is 4.81. The van der Waals surface area contributed by atoms with Gasteiger partial charge < -0.3 is 77.8 Å². The first-order valence-electron chi connectivity index (χ1n) is 12.4. The first kappa shape index (κ1) is 30.5. The highest BCUT2D eigenvalue weighted by Crippen LogP contribution is 2.32. The summed E-state index contributed by atoms with van der Waals surface area (Å²) in [6.45, 7) is -0.446. The summed E-state index contributed by atoms with van der Waals surface area (Å²) >= 11 is 0. The number of amides is 1. The minimum atomic E-state index is -1.58. The summed E-state index contributed by atoms with van der Waals surface area (Å²) < 4.78 is 22.8. The number of rotatable bonds is 10. The molecule has 1 saturated carbocycles. The topological polar surface area (TPSA) is 291 Å². The van der Waals surface area contributed by atoms with E-state index in [0.717, 1.165) is 0 Å². The van der Waals surface area contributed by atoms with Crippen molar-refractivity contribution in [3.63, 3.8) is 0 Å². The van der Waals surface area contributed by atoms with E-state index in [4.69, 9.17) is 41.9 Å². The lowest BCUT2D eigenvalue weighted by molar-refractivity contribution is -0.307. The normalized spacial score (nSPS) is 46.6. The van der Waals surface area contributed by atoms with Gasteiger partial charge in [-0.2, -0.15) is 0 Å². The third kappa shape index (κ3) is 6.74. The monoisotopic (exact) mass is 539 g/mol. The number of hydrogen-bond acceptors (Lipinski definition) is 15. The Hall–Kier alpha value is -1.09. The van der Waals surface area contributed by atoms with Crippen LogP contribution in [0.5, 0.6) is 0 Å². The molecular formula is C21H41N5O11. The van der Waals surface area contributed by atoms with Crippen molar-refractivity contribution in [1.82, 2.24) is 5.32 Å². The largest absolute Gasteiger partial charge is 0.394 e. The van der Waals surface area contributed by atoms with Gasteiger partial charge in [-0.1, -0.05) is 0 Å². The molecule has 0 aromatic heterocycles. The Bertz CT molecular complexity index is 739. The van der Waals surface area contributed by atoms with Crippen molar-refractivity contribution in [2.75, 3.05) is 19.7 Å². The lowest BCUT2D eigenvalue weighted by Crippen LogP contribution is -2.68. The molecule has 216 valence electrons. The molecule has 0 bridgehead atoms. The minimum absolute atomic E-state index is 0.0451. The van der Waals surface area contributed by atoms with Crippen LogP contribution in [0.2, 0.25) is 0 Å². The molecule has 16 nitrogen and oxygen atoms in total. The lowest BCUT2D eigenvalue weighted by Gasteiger charge is -2.47. The lowest BCUT2D eigenvalue weighted by atomic mass is 9.83. The molecule has 3 aliphatic rings. The zero-order valence-electron chi connectivity index (χ0n) is 20.4. The van der Waals surface area contributed by atoms with Crippen LogP contribution in [0, 0.1) is 0 Å². The van der Waals surface area contributed by atoms with Gasteiger partial charge in [-0.3, -0.25) is 4.79 Å². The molecule has 14 atom stereocenters. The minimum Gasteiger partial charge on any atom is -0.394 e. The van der Waals surface area contributed by atoms with Crippen molar-refractivity contribution in [3.8, 4) is 0 Å². The summed E-state index contributed by atoms with van der Waals surface area (Å²) in [5.41, 5.74) is 23.4. The van der Waals surface area contributed by atoms with Gasteiger partial charge in [0.25, 0.3) is 0 Å². The fourth-order valence-corrected chi connectivity index (χ4v) is 4.81. The van der Waals surface area contributed by atoms with Crippen LogP contribution in [-0.4, -0.2) is 142 Å². The van der Waals surface area contributed by atoms with E-state index in [2.05, 4.69) is 5.32 Å².